The summed E-state index contributed by atoms with van der Waals surface area (Å²) in [6.45, 7) is 5.86. The van der Waals surface area contributed by atoms with E-state index in [1.165, 1.54) is 154 Å². The number of hydrogen-bond acceptors (Lipinski definition) is 9. The Morgan fingerprint density at radius 1 is 0.296 bits per heavy atom. The highest BCUT2D eigenvalue weighted by Gasteiger charge is 2.46. The molecule has 0 heterocycles. The van der Waals surface area contributed by atoms with Gasteiger partial charge in [-0.3, -0.25) is 39.6 Å². The summed E-state index contributed by atoms with van der Waals surface area (Å²) in [5.41, 5.74) is 0. The fourth-order valence-corrected chi connectivity index (χ4v) is 22.0. The molecule has 6 aromatic carbocycles. The first-order valence-corrected chi connectivity index (χ1v) is 40.7. The van der Waals surface area contributed by atoms with Crippen LogP contribution in [0.1, 0.15) is 193 Å². The largest absolute Gasteiger partial charge is 0.356 e. The van der Waals surface area contributed by atoms with Crippen LogP contribution in [0.3, 0.4) is 0 Å². The van der Waals surface area contributed by atoms with E-state index in [1.807, 2.05) is 0 Å². The number of benzene rings is 6. The van der Waals surface area contributed by atoms with Crippen LogP contribution in [0.15, 0.2) is 182 Å². The molecule has 0 spiro atoms. The molecule has 0 fully saturated rings. The van der Waals surface area contributed by atoms with Crippen molar-refractivity contribution >= 4 is 88.3 Å². The number of unbranched alkanes of at least 4 members (excludes halogenated alkanes) is 20. The summed E-state index contributed by atoms with van der Waals surface area (Å²) < 4.78 is 0. The van der Waals surface area contributed by atoms with Crippen molar-refractivity contribution < 1.29 is 39.6 Å². The monoisotopic (exact) mass is 1400 g/mol. The Labute approximate surface area is 595 Å². The van der Waals surface area contributed by atoms with Crippen LogP contribution >= 0.6 is 26.9 Å². The number of hydroxylamine groups is 6. The zero-order chi connectivity index (χ0) is 68.9. The first kappa shape index (κ1) is 82.3. The average molecular weight is 1400 g/mol. The van der Waals surface area contributed by atoms with Gasteiger partial charge in [0.1, 0.15) is 46.4 Å². The van der Waals surface area contributed by atoms with Gasteiger partial charge in [0, 0.05) is 65.3 Å². The highest BCUT2D eigenvalue weighted by molar-refractivity contribution is 7.96. The van der Waals surface area contributed by atoms with Crippen molar-refractivity contribution in [3.8, 4) is 0 Å². The van der Waals surface area contributed by atoms with Gasteiger partial charge in [-0.05, 0) is 182 Å². The number of rotatable bonds is 52. The van der Waals surface area contributed by atoms with Gasteiger partial charge in [-0.25, -0.2) is 15.2 Å². The first-order chi connectivity index (χ1) is 47.4. The van der Waals surface area contributed by atoms with Gasteiger partial charge >= 0.3 is 0 Å². The molecule has 5 N–H and O–H groups in total. The summed E-state index contributed by atoms with van der Waals surface area (Å²) in [6, 6.07) is 67.5. The van der Waals surface area contributed by atoms with Crippen LogP contribution < -0.4 is 42.5 Å². The Morgan fingerprint density at radius 2 is 0.520 bits per heavy atom. The molecule has 17 heteroatoms. The Kier molecular flexibility index (Phi) is 41.4. The maximum absolute atomic E-state index is 12.8. The second-order valence-corrected chi connectivity index (χ2v) is 33.4. The van der Waals surface area contributed by atoms with Gasteiger partial charge in [0.2, 0.25) is 29.5 Å². The quantitative estimate of drug-likeness (QED) is 0.0107. The van der Waals surface area contributed by atoms with Crippen LogP contribution in [-0.2, 0) is 24.0 Å². The minimum atomic E-state index is -1.79. The van der Waals surface area contributed by atoms with Gasteiger partial charge in [-0.1, -0.05) is 180 Å². The predicted molar refractivity (Wildman–Crippen MR) is 410 cm³/mol. The third-order valence-electron chi connectivity index (χ3n) is 18.8. The standard InChI is InChI=1S/C81H114N6O8P2.ClH/c1-71(88)85(93)66-40-20-35-61-82-78(89)57-59-80(91)86(94)67-41-21-36-62-83-79(90)58-60-81(92)87(95)68-42-22-39-65-84(63-37-10-6-2-4-8-12-43-69-96(72-45-23-14-24-46-72,73-47-25-15-26-48-73)74-49-27-16-28-50-74)64-38-11-7-3-5-9-13-44-70-97(75-51-29-17-30-52-75,76-53-31-18-32-54-76)77-55-33-19-34-56-77;/h14-19,23-34,45-56,93-95H,2-13,20-22,35-44,57-70H2,1H3;1H/p+2. The molecule has 0 radical (unpaired) electrons. The SMILES string of the molecule is CC(=O)N(O)CCCCCNC(=O)CCC(=O)N(O)CCCCCNC(=O)CCC(=O)N(O)CCCCCN(CCCCCCCCCC[P+](c1ccccc1)(c1ccccc1)c1ccccc1)CCCCCCCCCC[P+](c1ccccc1)(c1ccccc1)c1ccccc1.Cl. The van der Waals surface area contributed by atoms with Crippen LogP contribution in [0.5, 0.6) is 0 Å². The van der Waals surface area contributed by atoms with E-state index in [0.29, 0.717) is 68.2 Å². The zero-order valence-electron chi connectivity index (χ0n) is 58.9. The lowest BCUT2D eigenvalue weighted by Crippen LogP contribution is -2.33. The number of nitrogens with one attached hydrogen (secondary N) is 2. The zero-order valence-corrected chi connectivity index (χ0v) is 61.5. The second-order valence-electron chi connectivity index (χ2n) is 26.1. The molecular formula is C81H117ClN6O8P2+2. The van der Waals surface area contributed by atoms with Gasteiger partial charge in [0.25, 0.3) is 0 Å². The van der Waals surface area contributed by atoms with E-state index in [-0.39, 0.29) is 69.5 Å². The lowest BCUT2D eigenvalue weighted by Gasteiger charge is -2.27. The normalized spacial score (nSPS) is 11.4. The summed E-state index contributed by atoms with van der Waals surface area (Å²) in [5, 5.41) is 46.6. The molecular weight excluding hydrogens is 1280 g/mol. The molecule has 0 saturated carbocycles. The number of carbonyl (C=O) groups is 5. The molecule has 98 heavy (non-hydrogen) atoms. The summed E-state index contributed by atoms with van der Waals surface area (Å²) in [6.07, 6.45) is 28.4. The number of hydrogen-bond donors (Lipinski definition) is 5. The Morgan fingerprint density at radius 3 is 0.796 bits per heavy atom. The van der Waals surface area contributed by atoms with E-state index in [4.69, 9.17) is 0 Å². The predicted octanol–water partition coefficient (Wildman–Crippen LogP) is 14.9. The van der Waals surface area contributed by atoms with Crippen molar-refractivity contribution in [3.63, 3.8) is 0 Å². The molecule has 0 aliphatic carbocycles. The van der Waals surface area contributed by atoms with Gasteiger partial charge < -0.3 is 15.5 Å². The average Bonchev–Trinajstić information content (AvgIpc) is 0.849. The lowest BCUT2D eigenvalue weighted by atomic mass is 10.1. The van der Waals surface area contributed by atoms with Gasteiger partial charge in [-0.2, -0.15) is 0 Å². The van der Waals surface area contributed by atoms with Crippen molar-refractivity contribution in [1.82, 2.24) is 30.7 Å². The van der Waals surface area contributed by atoms with Crippen molar-refractivity contribution in [3.05, 3.63) is 182 Å². The number of amides is 5. The van der Waals surface area contributed by atoms with Crippen LogP contribution in [-0.4, -0.2) is 130 Å². The molecule has 0 aromatic heterocycles. The van der Waals surface area contributed by atoms with E-state index in [0.717, 1.165) is 37.5 Å². The topological polar surface area (TPSA) is 183 Å². The van der Waals surface area contributed by atoms with E-state index in [2.05, 4.69) is 198 Å². The van der Waals surface area contributed by atoms with Crippen LogP contribution in [0.4, 0.5) is 0 Å². The van der Waals surface area contributed by atoms with Crippen LogP contribution in [0.25, 0.3) is 0 Å². The van der Waals surface area contributed by atoms with Crippen molar-refractivity contribution in [2.24, 2.45) is 0 Å². The molecule has 5 amide bonds. The molecule has 534 valence electrons. The second kappa shape index (κ2) is 49.2. The molecule has 0 unspecified atom stereocenters. The summed E-state index contributed by atoms with van der Waals surface area (Å²) in [7, 11) is -3.58. The Hall–Kier alpha value is -6.34. The molecule has 0 aliphatic heterocycles. The number of nitrogens with zero attached hydrogens (tertiary/aromatic N) is 4. The molecule has 14 nitrogen and oxygen atoms in total. The highest BCUT2D eigenvalue weighted by Crippen LogP contribution is 2.57. The minimum absolute atomic E-state index is 0. The van der Waals surface area contributed by atoms with Crippen LogP contribution in [0, 0.1) is 0 Å². The maximum Gasteiger partial charge on any atom is 0.246 e. The smallest absolute Gasteiger partial charge is 0.246 e. The van der Waals surface area contributed by atoms with E-state index in [1.54, 1.807) is 0 Å². The van der Waals surface area contributed by atoms with Crippen molar-refractivity contribution in [2.45, 2.75) is 193 Å². The van der Waals surface area contributed by atoms with Gasteiger partial charge in [-0.15, -0.1) is 12.4 Å². The molecule has 0 atom stereocenters. The summed E-state index contributed by atoms with van der Waals surface area (Å²) in [5.74, 6) is -1.99. The van der Waals surface area contributed by atoms with E-state index < -0.39 is 32.2 Å². The van der Waals surface area contributed by atoms with E-state index >= 15 is 0 Å². The van der Waals surface area contributed by atoms with Gasteiger partial charge in [0.15, 0.2) is 0 Å². The molecule has 0 aliphatic rings. The minimum Gasteiger partial charge on any atom is -0.356 e. The third kappa shape index (κ3) is 29.8. The van der Waals surface area contributed by atoms with Gasteiger partial charge in [0.05, 0.1) is 12.3 Å². The number of carbonyl (C=O) groups excluding carboxylic acids is 5. The molecule has 6 aromatic rings. The fourth-order valence-electron chi connectivity index (χ4n) is 13.2. The lowest BCUT2D eigenvalue weighted by molar-refractivity contribution is -0.166. The van der Waals surface area contributed by atoms with E-state index in [9.17, 15) is 39.6 Å². The highest BCUT2D eigenvalue weighted by atomic mass is 35.5. The Balaban J connectivity index is 0.0000173. The van der Waals surface area contributed by atoms with Crippen molar-refractivity contribution in [2.75, 3.05) is 64.7 Å². The maximum atomic E-state index is 12.8. The first-order valence-electron chi connectivity index (χ1n) is 36.7. The number of halogens is 1. The van der Waals surface area contributed by atoms with Crippen LogP contribution in [0.2, 0.25) is 0 Å². The summed E-state index contributed by atoms with van der Waals surface area (Å²) >= 11 is 0. The Bertz CT molecular complexity index is 2750. The summed E-state index contributed by atoms with van der Waals surface area (Å²) in [4.78, 5) is 63.6. The molecule has 0 saturated heterocycles. The fraction of sp³-hybridized carbons (Fsp3) is 0.494. The third-order valence-corrected chi connectivity index (χ3v) is 27.8. The molecule has 6 rings (SSSR count). The van der Waals surface area contributed by atoms with Crippen molar-refractivity contribution in [1.29, 1.82) is 0 Å². The molecule has 0 bridgehead atoms.